The van der Waals surface area contributed by atoms with Gasteiger partial charge in [0.1, 0.15) is 24.0 Å². The molecule has 2 aliphatic heterocycles. The number of para-hydroxylation sites is 1. The lowest BCUT2D eigenvalue weighted by Crippen LogP contribution is -2.43. The van der Waals surface area contributed by atoms with Crippen molar-refractivity contribution in [2.45, 2.75) is 57.6 Å². The Balaban J connectivity index is 1.25. The standard InChI is InChI=1S/C24H29N3O15P2/c1-13(2)23(31)39-19-8-10-36-44(35,41-19)42-43(33,34)37-12-17-20(29)21(30)22(38-17)26-9-7-18(28)27(24(26)32)11-15-14-5-3-4-6-16(14)40-25-15/h3-7,9,13,17,19-22,29-30H,8,10-12H2,1-2H3,(H,33,34)/t17-,19?,20-,21-,22-,44?/m1/s1. The second-order valence-electron chi connectivity index (χ2n) is 10.1. The Kier molecular flexibility index (Phi) is 9.39. The van der Waals surface area contributed by atoms with Gasteiger partial charge in [0.2, 0.25) is 6.29 Å². The van der Waals surface area contributed by atoms with Gasteiger partial charge >= 0.3 is 27.3 Å². The molecule has 7 atom stereocenters. The normalized spacial score (nSPS) is 28.7. The molecular formula is C24H29N3O15P2. The molecular weight excluding hydrogens is 632 g/mol. The molecule has 44 heavy (non-hydrogen) atoms. The molecule has 0 radical (unpaired) electrons. The van der Waals surface area contributed by atoms with Crippen molar-refractivity contribution in [3.63, 3.8) is 0 Å². The Morgan fingerprint density at radius 3 is 2.70 bits per heavy atom. The minimum Gasteiger partial charge on any atom is -0.435 e. The van der Waals surface area contributed by atoms with Crippen LogP contribution in [0.2, 0.25) is 0 Å². The maximum atomic E-state index is 13.3. The number of phosphoric ester groups is 2. The summed E-state index contributed by atoms with van der Waals surface area (Å²) in [5.41, 5.74) is -0.868. The topological polar surface area (TPSA) is 237 Å². The molecule has 240 valence electrons. The third kappa shape index (κ3) is 6.94. The van der Waals surface area contributed by atoms with Crippen LogP contribution in [0, 0.1) is 5.92 Å². The number of phosphoric acid groups is 2. The first-order valence-electron chi connectivity index (χ1n) is 13.3. The van der Waals surface area contributed by atoms with Gasteiger partial charge in [-0.25, -0.2) is 18.4 Å². The van der Waals surface area contributed by atoms with E-state index in [0.717, 1.165) is 21.4 Å². The molecule has 3 unspecified atom stereocenters. The molecule has 3 N–H and O–H groups in total. The molecule has 0 spiro atoms. The number of aliphatic hydroxyl groups excluding tert-OH is 2. The third-order valence-corrected chi connectivity index (χ3v) is 9.73. The van der Waals surface area contributed by atoms with Gasteiger partial charge in [0.15, 0.2) is 11.8 Å². The number of esters is 1. The van der Waals surface area contributed by atoms with Gasteiger partial charge in [-0.15, -0.1) is 0 Å². The highest BCUT2D eigenvalue weighted by Crippen LogP contribution is 2.65. The van der Waals surface area contributed by atoms with Gasteiger partial charge in [0.25, 0.3) is 5.56 Å². The largest absolute Gasteiger partial charge is 0.486 e. The summed E-state index contributed by atoms with van der Waals surface area (Å²) in [5, 5.41) is 25.7. The fourth-order valence-corrected chi connectivity index (χ4v) is 7.07. The van der Waals surface area contributed by atoms with Crippen molar-refractivity contribution in [1.82, 2.24) is 14.3 Å². The molecule has 20 heteroatoms. The van der Waals surface area contributed by atoms with Crippen molar-refractivity contribution in [2.75, 3.05) is 13.2 Å². The van der Waals surface area contributed by atoms with Crippen molar-refractivity contribution >= 4 is 32.6 Å². The summed E-state index contributed by atoms with van der Waals surface area (Å²) in [4.78, 5) is 47.8. The number of hydrogen-bond acceptors (Lipinski definition) is 15. The number of fused-ring (bicyclic) bond motifs is 1. The fourth-order valence-electron chi connectivity index (χ4n) is 4.36. The second-order valence-corrected chi connectivity index (χ2v) is 13.4. The average Bonchev–Trinajstić information content (AvgIpc) is 3.49. The van der Waals surface area contributed by atoms with E-state index < -0.39 is 76.2 Å². The van der Waals surface area contributed by atoms with E-state index in [2.05, 4.69) is 9.47 Å². The smallest absolute Gasteiger partial charge is 0.435 e. The molecule has 5 rings (SSSR count). The zero-order valence-electron chi connectivity index (χ0n) is 23.2. The lowest BCUT2D eigenvalue weighted by atomic mass is 10.1. The maximum Gasteiger partial charge on any atom is 0.486 e. The summed E-state index contributed by atoms with van der Waals surface area (Å²) in [6.45, 7) is 1.65. The zero-order valence-corrected chi connectivity index (χ0v) is 25.0. The second kappa shape index (κ2) is 12.8. The van der Waals surface area contributed by atoms with Crippen LogP contribution >= 0.6 is 15.6 Å². The number of rotatable bonds is 10. The van der Waals surface area contributed by atoms with E-state index in [9.17, 15) is 38.6 Å². The number of aromatic nitrogens is 3. The predicted molar refractivity (Wildman–Crippen MR) is 145 cm³/mol. The van der Waals surface area contributed by atoms with Gasteiger partial charge < -0.3 is 29.1 Å². The first-order valence-corrected chi connectivity index (χ1v) is 16.2. The van der Waals surface area contributed by atoms with E-state index in [1.807, 2.05) is 0 Å². The number of carbonyl (C=O) groups is 1. The monoisotopic (exact) mass is 661 g/mol. The van der Waals surface area contributed by atoms with Crippen LogP contribution in [-0.2, 0) is 47.8 Å². The highest BCUT2D eigenvalue weighted by Gasteiger charge is 2.48. The summed E-state index contributed by atoms with van der Waals surface area (Å²) in [6, 6.07) is 7.86. The summed E-state index contributed by atoms with van der Waals surface area (Å²) in [5.74, 6) is -1.20. The van der Waals surface area contributed by atoms with Crippen LogP contribution < -0.4 is 11.2 Å². The van der Waals surface area contributed by atoms with Crippen LogP contribution in [0.15, 0.2) is 50.6 Å². The van der Waals surface area contributed by atoms with Crippen LogP contribution in [0.3, 0.4) is 0 Å². The predicted octanol–water partition coefficient (Wildman–Crippen LogP) is 1.02. The molecule has 0 bridgehead atoms. The van der Waals surface area contributed by atoms with Crippen molar-refractivity contribution in [3.05, 3.63) is 63.1 Å². The van der Waals surface area contributed by atoms with Gasteiger partial charge in [-0.3, -0.25) is 27.8 Å². The van der Waals surface area contributed by atoms with E-state index in [0.29, 0.717) is 16.7 Å². The first kappa shape index (κ1) is 32.4. The molecule has 0 aliphatic carbocycles. The van der Waals surface area contributed by atoms with E-state index in [1.165, 1.54) is 0 Å². The van der Waals surface area contributed by atoms with Crippen LogP contribution in [0.4, 0.5) is 0 Å². The molecule has 18 nitrogen and oxygen atoms in total. The van der Waals surface area contributed by atoms with Gasteiger partial charge in [-0.2, -0.15) is 4.31 Å². The Morgan fingerprint density at radius 1 is 1.20 bits per heavy atom. The summed E-state index contributed by atoms with van der Waals surface area (Å²) < 4.78 is 62.1. The molecule has 2 saturated heterocycles. The van der Waals surface area contributed by atoms with Crippen LogP contribution in [0.25, 0.3) is 11.0 Å². The Hall–Kier alpha value is -3.02. The molecule has 0 saturated carbocycles. The zero-order chi connectivity index (χ0) is 31.8. The Morgan fingerprint density at radius 2 is 1.95 bits per heavy atom. The summed E-state index contributed by atoms with van der Waals surface area (Å²) in [6.07, 6.45) is -6.89. The van der Waals surface area contributed by atoms with Gasteiger partial charge in [-0.05, 0) is 12.1 Å². The van der Waals surface area contributed by atoms with Crippen molar-refractivity contribution < 1.29 is 60.9 Å². The van der Waals surface area contributed by atoms with Gasteiger partial charge in [-0.1, -0.05) is 31.1 Å². The summed E-state index contributed by atoms with van der Waals surface area (Å²) >= 11 is 0. The fraction of sp³-hybridized carbons (Fsp3) is 0.500. The van der Waals surface area contributed by atoms with Crippen molar-refractivity contribution in [1.29, 1.82) is 0 Å². The Bertz CT molecular complexity index is 1740. The molecule has 2 fully saturated rings. The van der Waals surface area contributed by atoms with E-state index >= 15 is 0 Å². The minimum atomic E-state index is -5.23. The Labute approximate surface area is 247 Å². The number of carbonyl (C=O) groups excluding carboxylic acids is 1. The highest BCUT2D eigenvalue weighted by atomic mass is 31.3. The number of nitrogens with zero attached hydrogens (tertiary/aromatic N) is 3. The van der Waals surface area contributed by atoms with Crippen molar-refractivity contribution in [3.8, 4) is 0 Å². The minimum absolute atomic E-state index is 0.0222. The number of hydrogen-bond donors (Lipinski definition) is 3. The lowest BCUT2D eigenvalue weighted by molar-refractivity contribution is -0.175. The molecule has 0 amide bonds. The quantitative estimate of drug-likeness (QED) is 0.203. The molecule has 2 aliphatic rings. The van der Waals surface area contributed by atoms with Crippen LogP contribution in [0.5, 0.6) is 0 Å². The number of aliphatic hydroxyl groups is 2. The number of ether oxygens (including phenoxy) is 2. The number of benzene rings is 1. The molecule has 1 aromatic carbocycles. The van der Waals surface area contributed by atoms with E-state index in [1.54, 1.807) is 38.1 Å². The van der Waals surface area contributed by atoms with Crippen LogP contribution in [-0.4, -0.2) is 73.2 Å². The van der Waals surface area contributed by atoms with Gasteiger partial charge in [0.05, 0.1) is 25.7 Å². The van der Waals surface area contributed by atoms with Crippen molar-refractivity contribution in [2.24, 2.45) is 5.92 Å². The third-order valence-electron chi connectivity index (χ3n) is 6.64. The summed E-state index contributed by atoms with van der Waals surface area (Å²) in [7, 11) is -9.97. The molecule has 3 aromatic rings. The molecule has 2 aromatic heterocycles. The van der Waals surface area contributed by atoms with Crippen LogP contribution in [0.1, 0.15) is 32.2 Å². The molecule has 4 heterocycles. The maximum absolute atomic E-state index is 13.3. The van der Waals surface area contributed by atoms with E-state index in [4.69, 9.17) is 27.6 Å². The van der Waals surface area contributed by atoms with Gasteiger partial charge in [0, 0.05) is 24.1 Å². The first-order chi connectivity index (χ1) is 20.8. The SMILES string of the molecule is CC(C)C(=O)OC1CCOP(=O)(OP(=O)(O)OC[C@H]2O[C@@H](n3ccc(=O)n(Cc4noc5ccccc45)c3=O)[C@H](O)[C@@H]2O)O1. The highest BCUT2D eigenvalue weighted by molar-refractivity contribution is 7.61. The lowest BCUT2D eigenvalue weighted by Gasteiger charge is -2.29. The average molecular weight is 661 g/mol. The van der Waals surface area contributed by atoms with E-state index in [-0.39, 0.29) is 19.6 Å².